The fourth-order valence-corrected chi connectivity index (χ4v) is 1.69. The van der Waals surface area contributed by atoms with Gasteiger partial charge in [-0.2, -0.15) is 13.2 Å². The Morgan fingerprint density at radius 3 is 2.28 bits per heavy atom. The van der Waals surface area contributed by atoms with Crippen molar-refractivity contribution in [3.8, 4) is 0 Å². The minimum Gasteiger partial charge on any atom is -0.395 e. The van der Waals surface area contributed by atoms with Gasteiger partial charge in [-0.05, 0) is 25.2 Å². The van der Waals surface area contributed by atoms with Crippen molar-refractivity contribution in [2.75, 3.05) is 6.61 Å². The lowest BCUT2D eigenvalue weighted by atomic mass is 10.0. The Hall–Kier alpha value is -0.550. The summed E-state index contributed by atoms with van der Waals surface area (Å²) in [7, 11) is 0. The van der Waals surface area contributed by atoms with E-state index in [1.807, 2.05) is 0 Å². The van der Waals surface area contributed by atoms with E-state index in [1.165, 1.54) is 0 Å². The highest BCUT2D eigenvalue weighted by molar-refractivity contribution is 4.81. The molecule has 2 nitrogen and oxygen atoms in total. The van der Waals surface area contributed by atoms with Crippen molar-refractivity contribution < 1.29 is 18.3 Å². The van der Waals surface area contributed by atoms with E-state index in [9.17, 15) is 13.2 Å². The van der Waals surface area contributed by atoms with Gasteiger partial charge in [0, 0.05) is 6.04 Å². The van der Waals surface area contributed by atoms with Crippen molar-refractivity contribution in [2.45, 2.75) is 57.8 Å². The molecular formula is C13H24F3NO. The normalized spacial score (nSPS) is 15.7. The van der Waals surface area contributed by atoms with Gasteiger partial charge < -0.3 is 10.4 Å². The first-order chi connectivity index (χ1) is 8.32. The van der Waals surface area contributed by atoms with Gasteiger partial charge in [-0.15, -0.1) is 6.58 Å². The van der Waals surface area contributed by atoms with Crippen LogP contribution in [0.4, 0.5) is 13.2 Å². The quantitative estimate of drug-likeness (QED) is 0.496. The second-order valence-electron chi connectivity index (χ2n) is 4.87. The van der Waals surface area contributed by atoms with Crippen LogP contribution in [0.3, 0.4) is 0 Å². The molecule has 0 saturated heterocycles. The molecule has 0 heterocycles. The number of halogens is 3. The minimum absolute atomic E-state index is 0.0342. The predicted octanol–water partition coefficient (Wildman–Crippen LogP) is 3.27. The van der Waals surface area contributed by atoms with Crippen molar-refractivity contribution in [3.63, 3.8) is 0 Å². The van der Waals surface area contributed by atoms with Gasteiger partial charge in [-0.25, -0.2) is 0 Å². The van der Waals surface area contributed by atoms with Crippen LogP contribution in [0.1, 0.15) is 39.5 Å². The van der Waals surface area contributed by atoms with Crippen LogP contribution in [0, 0.1) is 5.92 Å². The summed E-state index contributed by atoms with van der Waals surface area (Å²) in [4.78, 5) is 0. The van der Waals surface area contributed by atoms with E-state index in [2.05, 4.69) is 11.9 Å². The zero-order chi connectivity index (χ0) is 14.2. The molecule has 0 amide bonds. The molecule has 0 aliphatic carbocycles. The highest BCUT2D eigenvalue weighted by atomic mass is 19.4. The molecule has 0 saturated carbocycles. The molecule has 0 rings (SSSR count). The zero-order valence-corrected chi connectivity index (χ0v) is 11.1. The summed E-state index contributed by atoms with van der Waals surface area (Å²) in [5, 5.41) is 11.6. The second-order valence-corrected chi connectivity index (χ2v) is 4.87. The fraction of sp³-hybridized carbons (Fsp3) is 0.846. The van der Waals surface area contributed by atoms with Crippen LogP contribution in [-0.4, -0.2) is 30.0 Å². The number of aliphatic hydroxyl groups excluding tert-OH is 1. The Balaban J connectivity index is 4.35. The van der Waals surface area contributed by atoms with Crippen LogP contribution >= 0.6 is 0 Å². The van der Waals surface area contributed by atoms with E-state index in [0.717, 1.165) is 6.42 Å². The SMILES string of the molecule is C=CCCCCC(NC(CO)C(C)C)C(F)(F)F. The summed E-state index contributed by atoms with van der Waals surface area (Å²) in [5.41, 5.74) is 0. The van der Waals surface area contributed by atoms with E-state index >= 15 is 0 Å². The number of hydrogen-bond acceptors (Lipinski definition) is 2. The van der Waals surface area contributed by atoms with E-state index in [-0.39, 0.29) is 18.9 Å². The molecule has 5 heteroatoms. The third kappa shape index (κ3) is 7.01. The van der Waals surface area contributed by atoms with Gasteiger partial charge in [0.15, 0.2) is 0 Å². The van der Waals surface area contributed by atoms with Crippen molar-refractivity contribution in [2.24, 2.45) is 5.92 Å². The Bertz CT molecular complexity index is 229. The van der Waals surface area contributed by atoms with Crippen LogP contribution in [0.2, 0.25) is 0 Å². The van der Waals surface area contributed by atoms with Crippen LogP contribution in [0.5, 0.6) is 0 Å². The number of allylic oxidation sites excluding steroid dienone is 1. The molecule has 0 aromatic carbocycles. The van der Waals surface area contributed by atoms with E-state index in [1.54, 1.807) is 19.9 Å². The lowest BCUT2D eigenvalue weighted by molar-refractivity contribution is -0.160. The molecule has 0 aromatic heterocycles. The minimum atomic E-state index is -4.27. The average molecular weight is 267 g/mol. The fourth-order valence-electron chi connectivity index (χ4n) is 1.69. The Labute approximate surface area is 107 Å². The standard InChI is InChI=1S/C13H24F3NO/c1-4-5-6-7-8-12(13(14,15)16)17-11(9-18)10(2)3/h4,10-12,17-18H,1,5-9H2,2-3H3. The smallest absolute Gasteiger partial charge is 0.395 e. The maximum Gasteiger partial charge on any atom is 0.403 e. The van der Waals surface area contributed by atoms with Gasteiger partial charge in [0.05, 0.1) is 6.61 Å². The zero-order valence-electron chi connectivity index (χ0n) is 11.1. The van der Waals surface area contributed by atoms with E-state index < -0.39 is 18.3 Å². The van der Waals surface area contributed by atoms with E-state index in [4.69, 9.17) is 5.11 Å². The number of nitrogens with one attached hydrogen (secondary N) is 1. The van der Waals surface area contributed by atoms with E-state index in [0.29, 0.717) is 12.8 Å². The van der Waals surface area contributed by atoms with Crippen molar-refractivity contribution in [1.29, 1.82) is 0 Å². The molecular weight excluding hydrogens is 243 g/mol. The van der Waals surface area contributed by atoms with Crippen molar-refractivity contribution >= 4 is 0 Å². The third-order valence-corrected chi connectivity index (χ3v) is 2.96. The molecule has 0 spiro atoms. The highest BCUT2D eigenvalue weighted by Gasteiger charge is 2.40. The van der Waals surface area contributed by atoms with Gasteiger partial charge in [0.25, 0.3) is 0 Å². The highest BCUT2D eigenvalue weighted by Crippen LogP contribution is 2.25. The molecule has 0 radical (unpaired) electrons. The molecule has 0 fully saturated rings. The monoisotopic (exact) mass is 267 g/mol. The molecule has 0 aromatic rings. The molecule has 0 aliphatic rings. The molecule has 2 unspecified atom stereocenters. The van der Waals surface area contributed by atoms with Crippen LogP contribution < -0.4 is 5.32 Å². The largest absolute Gasteiger partial charge is 0.403 e. The molecule has 2 N–H and O–H groups in total. The van der Waals surface area contributed by atoms with Crippen molar-refractivity contribution in [3.05, 3.63) is 12.7 Å². The average Bonchev–Trinajstić information content (AvgIpc) is 2.26. The van der Waals surface area contributed by atoms with Gasteiger partial charge in [0.2, 0.25) is 0 Å². The van der Waals surface area contributed by atoms with Gasteiger partial charge in [0.1, 0.15) is 6.04 Å². The first-order valence-electron chi connectivity index (χ1n) is 6.37. The molecule has 0 aliphatic heterocycles. The Kier molecular flexibility index (Phi) is 8.27. The first kappa shape index (κ1) is 17.4. The number of hydrogen-bond donors (Lipinski definition) is 2. The summed E-state index contributed by atoms with van der Waals surface area (Å²) in [6.07, 6.45) is -0.571. The Morgan fingerprint density at radius 1 is 1.28 bits per heavy atom. The van der Waals surface area contributed by atoms with Crippen molar-refractivity contribution in [1.82, 2.24) is 5.32 Å². The number of rotatable bonds is 9. The maximum atomic E-state index is 12.8. The molecule has 108 valence electrons. The number of unbranched alkanes of at least 4 members (excludes halogenated alkanes) is 2. The molecule has 0 bridgehead atoms. The lowest BCUT2D eigenvalue weighted by Crippen LogP contribution is -2.50. The van der Waals surface area contributed by atoms with Crippen LogP contribution in [0.25, 0.3) is 0 Å². The molecule has 18 heavy (non-hydrogen) atoms. The summed E-state index contributed by atoms with van der Waals surface area (Å²) in [5.74, 6) is -0.0342. The van der Waals surface area contributed by atoms with Gasteiger partial charge >= 0.3 is 6.18 Å². The maximum absolute atomic E-state index is 12.8. The number of alkyl halides is 3. The van der Waals surface area contributed by atoms with Gasteiger partial charge in [-0.1, -0.05) is 26.3 Å². The lowest BCUT2D eigenvalue weighted by Gasteiger charge is -2.28. The summed E-state index contributed by atoms with van der Waals surface area (Å²) in [6, 6.07) is -2.06. The summed E-state index contributed by atoms with van der Waals surface area (Å²) in [6.45, 7) is 6.84. The summed E-state index contributed by atoms with van der Waals surface area (Å²) < 4.78 is 38.5. The second kappa shape index (κ2) is 8.53. The molecule has 2 atom stereocenters. The van der Waals surface area contributed by atoms with Crippen LogP contribution in [0.15, 0.2) is 12.7 Å². The van der Waals surface area contributed by atoms with Gasteiger partial charge in [-0.3, -0.25) is 0 Å². The topological polar surface area (TPSA) is 32.3 Å². The first-order valence-corrected chi connectivity index (χ1v) is 6.37. The van der Waals surface area contributed by atoms with Crippen LogP contribution in [-0.2, 0) is 0 Å². The Morgan fingerprint density at radius 2 is 1.89 bits per heavy atom. The number of aliphatic hydroxyl groups is 1. The third-order valence-electron chi connectivity index (χ3n) is 2.96. The predicted molar refractivity (Wildman–Crippen MR) is 67.4 cm³/mol. The summed E-state index contributed by atoms with van der Waals surface area (Å²) >= 11 is 0.